The van der Waals surface area contributed by atoms with Gasteiger partial charge in [-0.1, -0.05) is 158 Å². The number of thiophene rings is 1. The molecular formula is C42H26S. The van der Waals surface area contributed by atoms with Gasteiger partial charge in [0.05, 0.1) is 0 Å². The van der Waals surface area contributed by atoms with Gasteiger partial charge >= 0.3 is 0 Å². The van der Waals surface area contributed by atoms with E-state index in [1.165, 1.54) is 85.9 Å². The average Bonchev–Trinajstić information content (AvgIpc) is 3.47. The molecule has 1 heterocycles. The van der Waals surface area contributed by atoms with Crippen LogP contribution in [0, 0.1) is 0 Å². The van der Waals surface area contributed by atoms with Gasteiger partial charge in [-0.05, 0) is 60.1 Å². The number of hydrogen-bond acceptors (Lipinski definition) is 1. The lowest BCUT2D eigenvalue weighted by Gasteiger charge is -2.19. The number of hydrogen-bond donors (Lipinski definition) is 0. The Hall–Kier alpha value is -5.24. The van der Waals surface area contributed by atoms with Crippen LogP contribution in [0.5, 0.6) is 0 Å². The van der Waals surface area contributed by atoms with Crippen LogP contribution in [0.2, 0.25) is 0 Å². The quantitative estimate of drug-likeness (QED) is 0.188. The van der Waals surface area contributed by atoms with E-state index in [1.54, 1.807) is 0 Å². The molecule has 0 fully saturated rings. The maximum Gasteiger partial charge on any atom is 0.0434 e. The van der Waals surface area contributed by atoms with Crippen molar-refractivity contribution in [2.45, 2.75) is 0 Å². The van der Waals surface area contributed by atoms with Gasteiger partial charge in [-0.25, -0.2) is 0 Å². The first-order valence-electron chi connectivity index (χ1n) is 14.8. The summed E-state index contributed by atoms with van der Waals surface area (Å²) in [5.41, 5.74) is 7.76. The van der Waals surface area contributed by atoms with Crippen LogP contribution in [0.25, 0.3) is 85.9 Å². The Kier molecular flexibility index (Phi) is 5.47. The molecule has 0 unspecified atom stereocenters. The molecule has 0 radical (unpaired) electrons. The van der Waals surface area contributed by atoms with Gasteiger partial charge in [-0.3, -0.25) is 0 Å². The fourth-order valence-electron chi connectivity index (χ4n) is 7.01. The average molecular weight is 563 g/mol. The third-order valence-corrected chi connectivity index (χ3v) is 10.2. The van der Waals surface area contributed by atoms with Gasteiger partial charge in [0.25, 0.3) is 0 Å². The van der Waals surface area contributed by atoms with E-state index in [9.17, 15) is 0 Å². The van der Waals surface area contributed by atoms with Crippen molar-refractivity contribution < 1.29 is 0 Å². The third-order valence-electron chi connectivity index (χ3n) is 8.87. The smallest absolute Gasteiger partial charge is 0.0434 e. The lowest BCUT2D eigenvalue weighted by Crippen LogP contribution is -1.91. The van der Waals surface area contributed by atoms with Crippen molar-refractivity contribution in [3.8, 4) is 33.4 Å². The summed E-state index contributed by atoms with van der Waals surface area (Å²) in [4.78, 5) is 0. The molecule has 0 saturated carbocycles. The summed E-state index contributed by atoms with van der Waals surface area (Å²) in [7, 11) is 0. The minimum absolute atomic E-state index is 1.26. The van der Waals surface area contributed by atoms with Crippen molar-refractivity contribution >= 4 is 63.8 Å². The molecule has 43 heavy (non-hydrogen) atoms. The minimum Gasteiger partial charge on any atom is -0.134 e. The molecule has 0 amide bonds. The largest absolute Gasteiger partial charge is 0.134 e. The minimum atomic E-state index is 1.26. The Bertz CT molecular complexity index is 2440. The van der Waals surface area contributed by atoms with Gasteiger partial charge in [-0.15, -0.1) is 11.3 Å². The predicted molar refractivity (Wildman–Crippen MR) is 188 cm³/mol. The fourth-order valence-corrected chi connectivity index (χ4v) is 8.37. The second kappa shape index (κ2) is 9.66. The van der Waals surface area contributed by atoms with Crippen LogP contribution in [-0.2, 0) is 0 Å². The van der Waals surface area contributed by atoms with Crippen molar-refractivity contribution in [1.29, 1.82) is 0 Å². The number of benzene rings is 8. The first-order valence-corrected chi connectivity index (χ1v) is 15.6. The van der Waals surface area contributed by atoms with Gasteiger partial charge in [0, 0.05) is 25.7 Å². The zero-order valence-corrected chi connectivity index (χ0v) is 24.2. The fraction of sp³-hybridized carbons (Fsp3) is 0. The SMILES string of the molecule is c1ccc(-c2cccc3c2sc2c(-c4c5ccccc5c(-c5cccc6ccccc56)c5ccccc45)cccc23)cc1. The van der Waals surface area contributed by atoms with Crippen molar-refractivity contribution in [3.05, 3.63) is 158 Å². The monoisotopic (exact) mass is 562 g/mol. The van der Waals surface area contributed by atoms with Crippen molar-refractivity contribution in [3.63, 3.8) is 0 Å². The Morgan fingerprint density at radius 3 is 1.35 bits per heavy atom. The van der Waals surface area contributed by atoms with Crippen LogP contribution in [0.4, 0.5) is 0 Å². The maximum absolute atomic E-state index is 2.33. The summed E-state index contributed by atoms with van der Waals surface area (Å²) < 4.78 is 2.69. The van der Waals surface area contributed by atoms with Crippen LogP contribution >= 0.6 is 11.3 Å². The highest BCUT2D eigenvalue weighted by molar-refractivity contribution is 7.26. The zero-order chi connectivity index (χ0) is 28.3. The predicted octanol–water partition coefficient (Wildman–Crippen LogP) is 12.5. The first-order chi connectivity index (χ1) is 21.4. The molecule has 0 spiro atoms. The Morgan fingerprint density at radius 1 is 0.279 bits per heavy atom. The highest BCUT2D eigenvalue weighted by Gasteiger charge is 2.20. The molecule has 0 N–H and O–H groups in total. The maximum atomic E-state index is 2.33. The summed E-state index contributed by atoms with van der Waals surface area (Å²) in [6, 6.07) is 57.8. The molecule has 200 valence electrons. The van der Waals surface area contributed by atoms with Crippen molar-refractivity contribution in [1.82, 2.24) is 0 Å². The Balaban J connectivity index is 1.41. The van der Waals surface area contributed by atoms with E-state index >= 15 is 0 Å². The molecule has 0 bridgehead atoms. The molecule has 0 atom stereocenters. The summed E-state index contributed by atoms with van der Waals surface area (Å²) in [5.74, 6) is 0. The molecule has 0 nitrogen and oxygen atoms in total. The van der Waals surface area contributed by atoms with Crippen LogP contribution < -0.4 is 0 Å². The summed E-state index contributed by atoms with van der Waals surface area (Å²) in [6.45, 7) is 0. The molecule has 9 rings (SSSR count). The van der Waals surface area contributed by atoms with E-state index in [0.717, 1.165) is 0 Å². The normalized spacial score (nSPS) is 11.7. The molecule has 1 heteroatoms. The van der Waals surface area contributed by atoms with E-state index in [-0.39, 0.29) is 0 Å². The van der Waals surface area contributed by atoms with Crippen LogP contribution in [-0.4, -0.2) is 0 Å². The topological polar surface area (TPSA) is 0 Å². The lowest BCUT2D eigenvalue weighted by atomic mass is 9.84. The van der Waals surface area contributed by atoms with Crippen LogP contribution in [0.3, 0.4) is 0 Å². The molecule has 0 aliphatic heterocycles. The van der Waals surface area contributed by atoms with Gasteiger partial charge in [0.1, 0.15) is 0 Å². The Morgan fingerprint density at radius 2 is 0.698 bits per heavy atom. The lowest BCUT2D eigenvalue weighted by molar-refractivity contribution is 1.67. The summed E-state index contributed by atoms with van der Waals surface area (Å²) in [6.07, 6.45) is 0. The molecule has 0 aliphatic rings. The molecule has 0 saturated heterocycles. The Labute approximate surface area is 254 Å². The second-order valence-electron chi connectivity index (χ2n) is 11.2. The third kappa shape index (κ3) is 3.69. The highest BCUT2D eigenvalue weighted by Crippen LogP contribution is 2.49. The molecule has 9 aromatic rings. The van der Waals surface area contributed by atoms with Crippen molar-refractivity contribution in [2.75, 3.05) is 0 Å². The van der Waals surface area contributed by atoms with E-state index in [1.807, 2.05) is 11.3 Å². The second-order valence-corrected chi connectivity index (χ2v) is 12.2. The summed E-state index contributed by atoms with van der Waals surface area (Å²) in [5, 5.41) is 10.3. The van der Waals surface area contributed by atoms with Crippen LogP contribution in [0.15, 0.2) is 158 Å². The van der Waals surface area contributed by atoms with E-state index < -0.39 is 0 Å². The van der Waals surface area contributed by atoms with E-state index in [4.69, 9.17) is 0 Å². The molecule has 1 aromatic heterocycles. The van der Waals surface area contributed by atoms with Gasteiger partial charge in [0.2, 0.25) is 0 Å². The molecule has 0 aliphatic carbocycles. The highest BCUT2D eigenvalue weighted by atomic mass is 32.1. The van der Waals surface area contributed by atoms with Crippen molar-refractivity contribution in [2.24, 2.45) is 0 Å². The van der Waals surface area contributed by atoms with E-state index in [2.05, 4.69) is 158 Å². The van der Waals surface area contributed by atoms with E-state index in [0.29, 0.717) is 0 Å². The first kappa shape index (κ1) is 24.4. The molecule has 8 aromatic carbocycles. The molecular weight excluding hydrogens is 537 g/mol. The standard InChI is InChI=1S/C42H26S/c1-2-13-28(14-3-1)30-22-11-24-36-37-25-12-26-38(42(37)43-41(30)36)40-34-20-8-6-18-32(34)39(33-19-7-9-21-35(33)40)31-23-10-16-27-15-4-5-17-29(27)31/h1-26H. The van der Waals surface area contributed by atoms with Gasteiger partial charge < -0.3 is 0 Å². The number of fused-ring (bicyclic) bond motifs is 6. The summed E-state index contributed by atoms with van der Waals surface area (Å²) >= 11 is 1.92. The number of rotatable bonds is 3. The van der Waals surface area contributed by atoms with Gasteiger partial charge in [-0.2, -0.15) is 0 Å². The zero-order valence-electron chi connectivity index (χ0n) is 23.4. The van der Waals surface area contributed by atoms with Crippen LogP contribution in [0.1, 0.15) is 0 Å². The van der Waals surface area contributed by atoms with Gasteiger partial charge in [0.15, 0.2) is 0 Å².